The van der Waals surface area contributed by atoms with Gasteiger partial charge in [0.1, 0.15) is 0 Å². The Labute approximate surface area is 202 Å². The lowest BCUT2D eigenvalue weighted by Crippen LogP contribution is -2.47. The van der Waals surface area contributed by atoms with Gasteiger partial charge in [-0.15, -0.1) is 0 Å². The number of hydrogen-bond acceptors (Lipinski definition) is 3. The quantitative estimate of drug-likeness (QED) is 0.538. The number of likely N-dealkylation sites (tertiary alicyclic amines) is 1. The third-order valence-corrected chi connectivity index (χ3v) is 7.77. The Kier molecular flexibility index (Phi) is 5.94. The van der Waals surface area contributed by atoms with Crippen molar-refractivity contribution in [2.45, 2.75) is 30.8 Å². The van der Waals surface area contributed by atoms with Crippen LogP contribution in [-0.2, 0) is 9.53 Å². The third-order valence-electron chi connectivity index (χ3n) is 7.77. The Morgan fingerprint density at radius 3 is 2.29 bits per heavy atom. The van der Waals surface area contributed by atoms with E-state index in [2.05, 4.69) is 88.7 Å². The van der Waals surface area contributed by atoms with Crippen LogP contribution in [0, 0.1) is 5.92 Å². The smallest absolute Gasteiger partial charge is 0.228 e. The molecule has 3 aliphatic rings. The first-order chi connectivity index (χ1) is 16.8. The summed E-state index contributed by atoms with van der Waals surface area (Å²) < 4.78 is 5.83. The van der Waals surface area contributed by atoms with Crippen LogP contribution in [0.1, 0.15) is 35.9 Å². The maximum absolute atomic E-state index is 14.2. The Balaban J connectivity index is 1.35. The first-order valence-corrected chi connectivity index (χ1v) is 12.6. The number of amides is 1. The first kappa shape index (κ1) is 21.6. The fourth-order valence-corrected chi connectivity index (χ4v) is 5.87. The molecule has 0 radical (unpaired) electrons. The van der Waals surface area contributed by atoms with Gasteiger partial charge in [0.25, 0.3) is 0 Å². The second-order valence-corrected chi connectivity index (χ2v) is 9.88. The van der Waals surface area contributed by atoms with Crippen molar-refractivity contribution >= 4 is 5.91 Å². The van der Waals surface area contributed by atoms with Crippen LogP contribution in [0.2, 0.25) is 0 Å². The zero-order chi connectivity index (χ0) is 22.9. The van der Waals surface area contributed by atoms with Crippen LogP contribution >= 0.6 is 0 Å². The van der Waals surface area contributed by atoms with Crippen LogP contribution in [0.5, 0.6) is 0 Å². The van der Waals surface area contributed by atoms with Gasteiger partial charge in [-0.2, -0.15) is 0 Å². The fourth-order valence-electron chi connectivity index (χ4n) is 5.87. The van der Waals surface area contributed by atoms with E-state index in [1.165, 1.54) is 29.5 Å². The van der Waals surface area contributed by atoms with Crippen LogP contribution in [0.25, 0.3) is 11.1 Å². The largest absolute Gasteiger partial charge is 0.377 e. The molecule has 1 aliphatic carbocycles. The van der Waals surface area contributed by atoms with Crippen molar-refractivity contribution in [3.8, 4) is 11.1 Å². The summed E-state index contributed by atoms with van der Waals surface area (Å²) in [5.74, 6) is 0.451. The molecule has 0 unspecified atom stereocenters. The molecule has 34 heavy (non-hydrogen) atoms. The van der Waals surface area contributed by atoms with Gasteiger partial charge in [-0.3, -0.25) is 9.69 Å². The lowest BCUT2D eigenvalue weighted by atomic mass is 9.83. The van der Waals surface area contributed by atoms with Gasteiger partial charge in [0.2, 0.25) is 5.91 Å². The molecule has 174 valence electrons. The van der Waals surface area contributed by atoms with Crippen molar-refractivity contribution in [2.75, 3.05) is 32.8 Å². The Bertz CT molecular complexity index is 1130. The van der Waals surface area contributed by atoms with E-state index in [1.54, 1.807) is 0 Å². The molecule has 2 aliphatic heterocycles. The van der Waals surface area contributed by atoms with E-state index in [4.69, 9.17) is 4.74 Å². The van der Waals surface area contributed by atoms with Gasteiger partial charge in [0.15, 0.2) is 0 Å². The monoisotopic (exact) mass is 452 g/mol. The number of rotatable bonds is 5. The van der Waals surface area contributed by atoms with Crippen LogP contribution in [0.15, 0.2) is 84.9 Å². The highest BCUT2D eigenvalue weighted by Crippen LogP contribution is 2.43. The second kappa shape index (κ2) is 9.36. The zero-order valence-electron chi connectivity index (χ0n) is 19.6. The van der Waals surface area contributed by atoms with Crippen molar-refractivity contribution in [3.05, 3.63) is 96.1 Å². The van der Waals surface area contributed by atoms with Crippen LogP contribution < -0.4 is 0 Å². The van der Waals surface area contributed by atoms with Crippen LogP contribution in [-0.4, -0.2) is 54.6 Å². The molecule has 0 spiro atoms. The molecular weight excluding hydrogens is 420 g/mol. The highest BCUT2D eigenvalue weighted by molar-refractivity contribution is 5.82. The molecule has 3 aromatic rings. The molecule has 2 heterocycles. The number of benzene rings is 3. The van der Waals surface area contributed by atoms with E-state index >= 15 is 0 Å². The van der Waals surface area contributed by atoms with Gasteiger partial charge in [0, 0.05) is 31.6 Å². The summed E-state index contributed by atoms with van der Waals surface area (Å²) in [7, 11) is 0. The lowest BCUT2D eigenvalue weighted by molar-refractivity contribution is -0.144. The number of morpholine rings is 1. The summed E-state index contributed by atoms with van der Waals surface area (Å²) in [5.41, 5.74) is 4.95. The van der Waals surface area contributed by atoms with E-state index in [9.17, 15) is 4.79 Å². The maximum atomic E-state index is 14.2. The van der Waals surface area contributed by atoms with Gasteiger partial charge in [-0.05, 0) is 35.1 Å². The van der Waals surface area contributed by atoms with Gasteiger partial charge in [-0.25, -0.2) is 0 Å². The molecule has 4 heteroatoms. The minimum atomic E-state index is -0.0326. The minimum Gasteiger partial charge on any atom is -0.377 e. The summed E-state index contributed by atoms with van der Waals surface area (Å²) in [4.78, 5) is 18.9. The molecule has 0 aromatic heterocycles. The number of hydrogen-bond donors (Lipinski definition) is 0. The van der Waals surface area contributed by atoms with Crippen LogP contribution in [0.3, 0.4) is 0 Å². The van der Waals surface area contributed by atoms with Gasteiger partial charge in [0.05, 0.1) is 25.2 Å². The second-order valence-electron chi connectivity index (χ2n) is 9.88. The molecule has 3 atom stereocenters. The summed E-state index contributed by atoms with van der Waals surface area (Å²) >= 11 is 0. The minimum absolute atomic E-state index is 0.0116. The highest BCUT2D eigenvalue weighted by atomic mass is 16.5. The van der Waals surface area contributed by atoms with Crippen molar-refractivity contribution < 1.29 is 9.53 Å². The van der Waals surface area contributed by atoms with Gasteiger partial charge < -0.3 is 9.64 Å². The topological polar surface area (TPSA) is 32.8 Å². The van der Waals surface area contributed by atoms with E-state index in [0.29, 0.717) is 25.8 Å². The maximum Gasteiger partial charge on any atom is 0.228 e. The molecule has 0 bridgehead atoms. The standard InChI is InChI=1S/C30H32N2O2/c33-30(32-17-18-34-21-29(32)23-11-5-2-6-12-23)28-20-31(24-15-16-24)19-27(28)26-14-8-7-13-25(26)22-9-3-1-4-10-22/h1-14,24,27-29H,15-21H2/t27-,28+,29+/m0/s1. The Morgan fingerprint density at radius 1 is 0.824 bits per heavy atom. The van der Waals surface area contributed by atoms with E-state index < -0.39 is 0 Å². The average molecular weight is 453 g/mol. The summed E-state index contributed by atoms with van der Waals surface area (Å²) in [5, 5.41) is 0. The van der Waals surface area contributed by atoms with Gasteiger partial charge in [-0.1, -0.05) is 84.9 Å². The highest BCUT2D eigenvalue weighted by Gasteiger charge is 2.46. The van der Waals surface area contributed by atoms with Crippen molar-refractivity contribution in [2.24, 2.45) is 5.92 Å². The number of ether oxygens (including phenoxy) is 1. The summed E-state index contributed by atoms with van der Waals surface area (Å²) in [6.45, 7) is 3.66. The average Bonchev–Trinajstić information content (AvgIpc) is 3.67. The molecule has 3 aromatic carbocycles. The molecule has 3 fully saturated rings. The zero-order valence-corrected chi connectivity index (χ0v) is 19.6. The van der Waals surface area contributed by atoms with E-state index in [-0.39, 0.29) is 23.8 Å². The Morgan fingerprint density at radius 2 is 1.53 bits per heavy atom. The van der Waals surface area contributed by atoms with Gasteiger partial charge >= 0.3 is 0 Å². The number of nitrogens with zero attached hydrogens (tertiary/aromatic N) is 2. The molecular formula is C30H32N2O2. The predicted molar refractivity (Wildman–Crippen MR) is 134 cm³/mol. The lowest BCUT2D eigenvalue weighted by Gasteiger charge is -2.38. The Hall–Kier alpha value is -2.95. The van der Waals surface area contributed by atoms with E-state index in [1.807, 2.05) is 6.07 Å². The number of carbonyl (C=O) groups is 1. The predicted octanol–water partition coefficient (Wildman–Crippen LogP) is 5.13. The first-order valence-electron chi connectivity index (χ1n) is 12.6. The van der Waals surface area contributed by atoms with Crippen molar-refractivity contribution in [3.63, 3.8) is 0 Å². The molecule has 1 amide bonds. The van der Waals surface area contributed by atoms with E-state index in [0.717, 1.165) is 18.7 Å². The molecule has 6 rings (SSSR count). The van der Waals surface area contributed by atoms with Crippen molar-refractivity contribution in [1.82, 2.24) is 9.80 Å². The summed E-state index contributed by atoms with van der Waals surface area (Å²) in [6.07, 6.45) is 2.52. The third kappa shape index (κ3) is 4.17. The molecule has 1 saturated carbocycles. The molecule has 4 nitrogen and oxygen atoms in total. The normalized spacial score (nSPS) is 25.4. The fraction of sp³-hybridized carbons (Fsp3) is 0.367. The van der Waals surface area contributed by atoms with Crippen molar-refractivity contribution in [1.29, 1.82) is 0 Å². The SMILES string of the molecule is O=C([C@@H]1CN(C2CC2)C[C@H]1c1ccccc1-c1ccccc1)N1CCOC[C@@H]1c1ccccc1. The molecule has 2 saturated heterocycles. The number of carbonyl (C=O) groups excluding carboxylic acids is 1. The summed E-state index contributed by atoms with van der Waals surface area (Å²) in [6, 6.07) is 30.3. The van der Waals surface area contributed by atoms with Crippen LogP contribution in [0.4, 0.5) is 0 Å². The molecule has 0 N–H and O–H groups in total.